The molecule has 1 fully saturated rings. The average molecular weight is 235 g/mol. The number of halogens is 3. The fourth-order valence-corrected chi connectivity index (χ4v) is 1.98. The van der Waals surface area contributed by atoms with E-state index in [0.717, 1.165) is 0 Å². The Morgan fingerprint density at radius 3 is 2.62 bits per heavy atom. The largest absolute Gasteiger partial charge is 0.402 e. The van der Waals surface area contributed by atoms with Crippen molar-refractivity contribution in [2.75, 3.05) is 13.1 Å². The number of ketones is 1. The van der Waals surface area contributed by atoms with Gasteiger partial charge in [-0.05, 0) is 25.8 Å². The summed E-state index contributed by atoms with van der Waals surface area (Å²) in [5.74, 6) is -0.688. The van der Waals surface area contributed by atoms with Gasteiger partial charge in [0, 0.05) is 13.0 Å². The number of allylic oxidation sites excluding steroid dienone is 1. The van der Waals surface area contributed by atoms with Crippen LogP contribution in [0, 0.1) is 5.41 Å². The van der Waals surface area contributed by atoms with E-state index in [-0.39, 0.29) is 25.9 Å². The maximum atomic E-state index is 12.9. The zero-order chi connectivity index (χ0) is 12.2. The Kier molecular flexibility index (Phi) is 4.13. The molecule has 0 aliphatic carbocycles. The van der Waals surface area contributed by atoms with E-state index in [9.17, 15) is 18.0 Å². The number of carbonyl (C=O) groups is 1. The first-order valence-electron chi connectivity index (χ1n) is 5.36. The maximum Gasteiger partial charge on any atom is 0.402 e. The Morgan fingerprint density at radius 1 is 1.50 bits per heavy atom. The second-order valence-corrected chi connectivity index (χ2v) is 4.11. The highest BCUT2D eigenvalue weighted by Crippen LogP contribution is 2.44. The van der Waals surface area contributed by atoms with Crippen LogP contribution in [0.4, 0.5) is 13.2 Å². The van der Waals surface area contributed by atoms with Crippen molar-refractivity contribution in [1.29, 1.82) is 0 Å². The van der Waals surface area contributed by atoms with Gasteiger partial charge in [0.05, 0.1) is 0 Å². The van der Waals surface area contributed by atoms with Crippen molar-refractivity contribution in [2.24, 2.45) is 5.41 Å². The van der Waals surface area contributed by atoms with Crippen molar-refractivity contribution in [2.45, 2.75) is 31.9 Å². The molecular weight excluding hydrogens is 219 g/mol. The number of rotatable bonds is 5. The molecule has 1 aliphatic rings. The van der Waals surface area contributed by atoms with Crippen molar-refractivity contribution in [3.05, 3.63) is 12.7 Å². The zero-order valence-corrected chi connectivity index (χ0v) is 9.07. The molecule has 5 heteroatoms. The molecule has 2 nitrogen and oxygen atoms in total. The van der Waals surface area contributed by atoms with Crippen LogP contribution in [0.2, 0.25) is 0 Å². The molecule has 1 heterocycles. The molecule has 1 atom stereocenters. The Hall–Kier alpha value is -0.840. The molecule has 0 aromatic carbocycles. The molecule has 1 unspecified atom stereocenters. The number of unbranched alkanes of at least 4 members (excludes halogenated alkanes) is 1. The highest BCUT2D eigenvalue weighted by atomic mass is 19.4. The molecule has 1 N–H and O–H groups in total. The molecule has 1 rings (SSSR count). The second kappa shape index (κ2) is 4.99. The lowest BCUT2D eigenvalue weighted by Gasteiger charge is -2.29. The molecule has 92 valence electrons. The minimum Gasteiger partial charge on any atom is -0.315 e. The van der Waals surface area contributed by atoms with E-state index in [0.29, 0.717) is 12.8 Å². The molecular formula is C11H16F3NO. The third kappa shape index (κ3) is 2.45. The molecule has 0 amide bonds. The molecule has 0 spiro atoms. The summed E-state index contributed by atoms with van der Waals surface area (Å²) in [5.41, 5.74) is -2.14. The lowest BCUT2D eigenvalue weighted by molar-refractivity contribution is -0.214. The fourth-order valence-electron chi connectivity index (χ4n) is 1.98. The molecule has 0 bridgehead atoms. The minimum absolute atomic E-state index is 0.0206. The van der Waals surface area contributed by atoms with Gasteiger partial charge in [-0.25, -0.2) is 0 Å². The number of carbonyl (C=O) groups excluding carboxylic acids is 1. The van der Waals surface area contributed by atoms with Crippen molar-refractivity contribution in [3.63, 3.8) is 0 Å². The first-order valence-corrected chi connectivity index (χ1v) is 5.36. The number of hydrogen-bond donors (Lipinski definition) is 1. The van der Waals surface area contributed by atoms with Crippen LogP contribution >= 0.6 is 0 Å². The van der Waals surface area contributed by atoms with E-state index in [2.05, 4.69) is 11.9 Å². The average Bonchev–Trinajstić information content (AvgIpc) is 2.66. The van der Waals surface area contributed by atoms with Gasteiger partial charge in [0.25, 0.3) is 0 Å². The first kappa shape index (κ1) is 13.2. The van der Waals surface area contributed by atoms with Crippen molar-refractivity contribution >= 4 is 5.78 Å². The zero-order valence-electron chi connectivity index (χ0n) is 9.07. The normalized spacial score (nSPS) is 25.7. The summed E-state index contributed by atoms with van der Waals surface area (Å²) in [7, 11) is 0. The summed E-state index contributed by atoms with van der Waals surface area (Å²) in [6.07, 6.45) is -1.97. The number of Topliss-reactive ketones (excluding diaryl/α,β-unsaturated/α-hetero) is 1. The van der Waals surface area contributed by atoms with E-state index < -0.39 is 17.4 Å². The monoisotopic (exact) mass is 235 g/mol. The van der Waals surface area contributed by atoms with Crippen LogP contribution in [0.3, 0.4) is 0 Å². The van der Waals surface area contributed by atoms with Crippen LogP contribution in [-0.4, -0.2) is 25.0 Å². The van der Waals surface area contributed by atoms with Gasteiger partial charge in [0.2, 0.25) is 0 Å². The van der Waals surface area contributed by atoms with Crippen LogP contribution < -0.4 is 5.32 Å². The number of hydrogen-bond acceptors (Lipinski definition) is 2. The highest BCUT2D eigenvalue weighted by molar-refractivity contribution is 5.86. The van der Waals surface area contributed by atoms with Gasteiger partial charge in [0.15, 0.2) is 0 Å². The van der Waals surface area contributed by atoms with Gasteiger partial charge in [-0.2, -0.15) is 13.2 Å². The van der Waals surface area contributed by atoms with Crippen molar-refractivity contribution in [1.82, 2.24) is 5.32 Å². The molecule has 0 aromatic heterocycles. The Balaban J connectivity index is 2.70. The van der Waals surface area contributed by atoms with Crippen LogP contribution in [0.25, 0.3) is 0 Å². The molecule has 0 saturated carbocycles. The standard InChI is InChI=1S/C11H16F3NO/c1-2-3-4-5-9(16)10(11(12,13)14)6-7-15-8-10/h2,15H,1,3-8H2. The molecule has 1 aliphatic heterocycles. The number of alkyl halides is 3. The minimum atomic E-state index is -4.44. The lowest BCUT2D eigenvalue weighted by atomic mass is 9.79. The van der Waals surface area contributed by atoms with E-state index in [1.165, 1.54) is 0 Å². The van der Waals surface area contributed by atoms with Crippen molar-refractivity contribution < 1.29 is 18.0 Å². The maximum absolute atomic E-state index is 12.9. The van der Waals surface area contributed by atoms with Gasteiger partial charge in [-0.3, -0.25) is 4.79 Å². The topological polar surface area (TPSA) is 29.1 Å². The predicted octanol–water partition coefficient (Wildman–Crippen LogP) is 2.45. The molecule has 1 saturated heterocycles. The van der Waals surface area contributed by atoms with Gasteiger partial charge in [-0.15, -0.1) is 6.58 Å². The Bertz CT molecular complexity index is 267. The summed E-state index contributed by atoms with van der Waals surface area (Å²) in [4.78, 5) is 11.7. The Morgan fingerprint density at radius 2 is 2.19 bits per heavy atom. The van der Waals surface area contributed by atoms with E-state index in [1.807, 2.05) is 0 Å². The van der Waals surface area contributed by atoms with E-state index >= 15 is 0 Å². The van der Waals surface area contributed by atoms with Crippen molar-refractivity contribution in [3.8, 4) is 0 Å². The molecule has 0 radical (unpaired) electrons. The van der Waals surface area contributed by atoms with Crippen LogP contribution in [0.15, 0.2) is 12.7 Å². The van der Waals surface area contributed by atoms with E-state index in [4.69, 9.17) is 0 Å². The van der Waals surface area contributed by atoms with Crippen LogP contribution in [0.1, 0.15) is 25.7 Å². The smallest absolute Gasteiger partial charge is 0.315 e. The quantitative estimate of drug-likeness (QED) is 0.586. The Labute approximate surface area is 92.9 Å². The summed E-state index contributed by atoms with van der Waals surface area (Å²) >= 11 is 0. The summed E-state index contributed by atoms with van der Waals surface area (Å²) in [6, 6.07) is 0. The third-order valence-corrected chi connectivity index (χ3v) is 3.04. The van der Waals surface area contributed by atoms with Gasteiger partial charge < -0.3 is 5.32 Å². The lowest BCUT2D eigenvalue weighted by Crippen LogP contribution is -2.46. The van der Waals surface area contributed by atoms with Gasteiger partial charge in [-0.1, -0.05) is 6.08 Å². The fraction of sp³-hybridized carbons (Fsp3) is 0.727. The predicted molar refractivity (Wildman–Crippen MR) is 55.0 cm³/mol. The molecule has 0 aromatic rings. The summed E-state index contributed by atoms with van der Waals surface area (Å²) in [5, 5.41) is 2.63. The van der Waals surface area contributed by atoms with Gasteiger partial charge in [0.1, 0.15) is 11.2 Å². The van der Waals surface area contributed by atoms with Crippen LogP contribution in [-0.2, 0) is 4.79 Å². The molecule has 16 heavy (non-hydrogen) atoms. The second-order valence-electron chi connectivity index (χ2n) is 4.11. The summed E-state index contributed by atoms with van der Waals surface area (Å²) < 4.78 is 38.7. The summed E-state index contributed by atoms with van der Waals surface area (Å²) in [6.45, 7) is 3.46. The SMILES string of the molecule is C=CCCCC(=O)C1(C(F)(F)F)CCNC1. The first-order chi connectivity index (χ1) is 7.44. The van der Waals surface area contributed by atoms with Crippen LogP contribution in [0.5, 0.6) is 0 Å². The third-order valence-electron chi connectivity index (χ3n) is 3.04. The highest BCUT2D eigenvalue weighted by Gasteiger charge is 2.60. The number of nitrogens with one attached hydrogen (secondary N) is 1. The van der Waals surface area contributed by atoms with E-state index in [1.54, 1.807) is 6.08 Å². The van der Waals surface area contributed by atoms with Gasteiger partial charge >= 0.3 is 6.18 Å².